The molecule has 0 aliphatic carbocycles. The average Bonchev–Trinajstić information content (AvgIpc) is 2.91. The average molecular weight is 322 g/mol. The van der Waals surface area contributed by atoms with Gasteiger partial charge < -0.3 is 10.4 Å². The van der Waals surface area contributed by atoms with E-state index in [-0.39, 0.29) is 12.5 Å². The number of benzene rings is 1. The summed E-state index contributed by atoms with van der Waals surface area (Å²) in [4.78, 5) is 17.5. The van der Waals surface area contributed by atoms with Gasteiger partial charge in [0, 0.05) is 29.2 Å². The zero-order valence-corrected chi connectivity index (χ0v) is 13.5. The molecule has 0 saturated carbocycles. The van der Waals surface area contributed by atoms with Crippen molar-refractivity contribution < 1.29 is 9.90 Å². The van der Waals surface area contributed by atoms with Gasteiger partial charge in [-0.2, -0.15) is 0 Å². The summed E-state index contributed by atoms with van der Waals surface area (Å²) in [5, 5.41) is 14.7. The highest BCUT2D eigenvalue weighted by Gasteiger charge is 2.11. The quantitative estimate of drug-likeness (QED) is 0.608. The Balaban J connectivity index is 2.00. The molecule has 1 amide bonds. The van der Waals surface area contributed by atoms with E-state index in [0.29, 0.717) is 18.5 Å². The third-order valence-electron chi connectivity index (χ3n) is 2.79. The Kier molecular flexibility index (Phi) is 6.22. The summed E-state index contributed by atoms with van der Waals surface area (Å²) in [5.74, 6) is 0.659. The molecule has 2 rings (SSSR count). The van der Waals surface area contributed by atoms with Crippen LogP contribution in [-0.4, -0.2) is 29.1 Å². The normalized spacial score (nSPS) is 10.6. The molecule has 4 nitrogen and oxygen atoms in total. The van der Waals surface area contributed by atoms with Gasteiger partial charge in [0.25, 0.3) is 5.91 Å². The van der Waals surface area contributed by atoms with Crippen LogP contribution in [-0.2, 0) is 5.75 Å². The van der Waals surface area contributed by atoms with Crippen molar-refractivity contribution in [2.75, 3.05) is 13.2 Å². The minimum absolute atomic E-state index is 0.0832. The SMILES string of the molecule is Cc1nc(CSc2ccccc2C(=O)NCCCO)cs1. The van der Waals surface area contributed by atoms with Gasteiger partial charge in [-0.1, -0.05) is 12.1 Å². The number of aryl methyl sites for hydroxylation is 1. The van der Waals surface area contributed by atoms with Crippen LogP contribution in [0.5, 0.6) is 0 Å². The van der Waals surface area contributed by atoms with Crippen molar-refractivity contribution in [3.8, 4) is 0 Å². The van der Waals surface area contributed by atoms with Gasteiger partial charge in [0.15, 0.2) is 0 Å². The largest absolute Gasteiger partial charge is 0.396 e. The van der Waals surface area contributed by atoms with E-state index in [1.807, 2.05) is 36.6 Å². The van der Waals surface area contributed by atoms with Gasteiger partial charge >= 0.3 is 0 Å². The van der Waals surface area contributed by atoms with Gasteiger partial charge in [0.2, 0.25) is 0 Å². The number of aromatic nitrogens is 1. The molecule has 1 heterocycles. The summed E-state index contributed by atoms with van der Waals surface area (Å²) < 4.78 is 0. The number of amides is 1. The molecule has 0 aliphatic rings. The maximum atomic E-state index is 12.1. The van der Waals surface area contributed by atoms with Gasteiger partial charge in [-0.15, -0.1) is 23.1 Å². The zero-order valence-electron chi connectivity index (χ0n) is 11.8. The van der Waals surface area contributed by atoms with Crippen molar-refractivity contribution in [3.63, 3.8) is 0 Å². The molecule has 0 spiro atoms. The molecule has 1 aromatic carbocycles. The van der Waals surface area contributed by atoms with Crippen LogP contribution in [0.4, 0.5) is 0 Å². The number of hydrogen-bond donors (Lipinski definition) is 2. The van der Waals surface area contributed by atoms with E-state index in [0.717, 1.165) is 21.3 Å². The summed E-state index contributed by atoms with van der Waals surface area (Å²) in [6, 6.07) is 7.56. The monoisotopic (exact) mass is 322 g/mol. The van der Waals surface area contributed by atoms with Gasteiger partial charge in [-0.25, -0.2) is 4.98 Å². The summed E-state index contributed by atoms with van der Waals surface area (Å²) in [6.07, 6.45) is 0.569. The van der Waals surface area contributed by atoms with Crippen molar-refractivity contribution in [2.45, 2.75) is 24.0 Å². The number of rotatable bonds is 7. The lowest BCUT2D eigenvalue weighted by Gasteiger charge is -2.09. The highest BCUT2D eigenvalue weighted by Crippen LogP contribution is 2.26. The molecule has 0 unspecified atom stereocenters. The third kappa shape index (κ3) is 4.84. The first-order valence-electron chi connectivity index (χ1n) is 6.72. The summed E-state index contributed by atoms with van der Waals surface area (Å²) >= 11 is 3.25. The zero-order chi connectivity index (χ0) is 15.1. The highest BCUT2D eigenvalue weighted by molar-refractivity contribution is 7.98. The van der Waals surface area contributed by atoms with Crippen molar-refractivity contribution >= 4 is 29.0 Å². The molecular formula is C15H18N2O2S2. The Bertz CT molecular complexity index is 599. The van der Waals surface area contributed by atoms with Crippen LogP contribution in [0, 0.1) is 6.92 Å². The van der Waals surface area contributed by atoms with Crippen LogP contribution in [0.25, 0.3) is 0 Å². The molecule has 2 N–H and O–H groups in total. The first kappa shape index (κ1) is 16.0. The van der Waals surface area contributed by atoms with Gasteiger partial charge in [0.05, 0.1) is 16.3 Å². The molecule has 6 heteroatoms. The lowest BCUT2D eigenvalue weighted by atomic mass is 10.2. The van der Waals surface area contributed by atoms with Crippen LogP contribution < -0.4 is 5.32 Å². The summed E-state index contributed by atoms with van der Waals surface area (Å²) in [6.45, 7) is 2.56. The van der Waals surface area contributed by atoms with E-state index in [9.17, 15) is 4.79 Å². The fourth-order valence-corrected chi connectivity index (χ4v) is 3.44. The molecule has 112 valence electrons. The van der Waals surface area contributed by atoms with Crippen LogP contribution >= 0.6 is 23.1 Å². The van der Waals surface area contributed by atoms with Crippen LogP contribution in [0.2, 0.25) is 0 Å². The van der Waals surface area contributed by atoms with Crippen molar-refractivity contribution in [1.82, 2.24) is 10.3 Å². The summed E-state index contributed by atoms with van der Waals surface area (Å²) in [5.41, 5.74) is 1.71. The number of thiazole rings is 1. The number of aliphatic hydroxyl groups is 1. The molecule has 0 aliphatic heterocycles. The maximum absolute atomic E-state index is 12.1. The van der Waals surface area contributed by atoms with E-state index >= 15 is 0 Å². The number of thioether (sulfide) groups is 1. The van der Waals surface area contributed by atoms with E-state index in [2.05, 4.69) is 10.3 Å². The van der Waals surface area contributed by atoms with E-state index < -0.39 is 0 Å². The molecule has 1 aromatic heterocycles. The van der Waals surface area contributed by atoms with Crippen LogP contribution in [0.3, 0.4) is 0 Å². The Morgan fingerprint density at radius 2 is 2.24 bits per heavy atom. The fraction of sp³-hybridized carbons (Fsp3) is 0.333. The predicted octanol–water partition coefficient (Wildman–Crippen LogP) is 2.86. The van der Waals surface area contributed by atoms with E-state index in [1.54, 1.807) is 23.1 Å². The van der Waals surface area contributed by atoms with Crippen LogP contribution in [0.15, 0.2) is 34.5 Å². The Labute approximate surface area is 132 Å². The second kappa shape index (κ2) is 8.17. The van der Waals surface area contributed by atoms with Crippen molar-refractivity contribution in [3.05, 3.63) is 45.9 Å². The lowest BCUT2D eigenvalue weighted by molar-refractivity contribution is 0.0948. The number of carbonyl (C=O) groups is 1. The highest BCUT2D eigenvalue weighted by atomic mass is 32.2. The Morgan fingerprint density at radius 1 is 1.43 bits per heavy atom. The third-order valence-corrected chi connectivity index (χ3v) is 4.72. The molecule has 2 aromatic rings. The maximum Gasteiger partial charge on any atom is 0.252 e. The number of aliphatic hydroxyl groups excluding tert-OH is 1. The second-order valence-electron chi connectivity index (χ2n) is 4.48. The standard InChI is InChI=1S/C15H18N2O2S2/c1-11-17-12(9-20-11)10-21-14-6-3-2-5-13(14)15(19)16-7-4-8-18/h2-3,5-6,9,18H,4,7-8,10H2,1H3,(H,16,19). The molecule has 21 heavy (non-hydrogen) atoms. The van der Waals surface area contributed by atoms with E-state index in [4.69, 9.17) is 5.11 Å². The number of hydrogen-bond acceptors (Lipinski definition) is 5. The first-order chi connectivity index (χ1) is 10.2. The minimum atomic E-state index is -0.0963. The Morgan fingerprint density at radius 3 is 2.95 bits per heavy atom. The van der Waals surface area contributed by atoms with Crippen molar-refractivity contribution in [1.29, 1.82) is 0 Å². The molecule has 0 radical (unpaired) electrons. The van der Waals surface area contributed by atoms with Crippen LogP contribution in [0.1, 0.15) is 27.5 Å². The number of nitrogens with zero attached hydrogens (tertiary/aromatic N) is 1. The van der Waals surface area contributed by atoms with Crippen molar-refractivity contribution in [2.24, 2.45) is 0 Å². The number of nitrogens with one attached hydrogen (secondary N) is 1. The fourth-order valence-electron chi connectivity index (χ4n) is 1.78. The van der Waals surface area contributed by atoms with Gasteiger partial charge in [-0.3, -0.25) is 4.79 Å². The molecule has 0 saturated heterocycles. The summed E-state index contributed by atoms with van der Waals surface area (Å²) in [7, 11) is 0. The molecule has 0 fully saturated rings. The smallest absolute Gasteiger partial charge is 0.252 e. The topological polar surface area (TPSA) is 62.2 Å². The second-order valence-corrected chi connectivity index (χ2v) is 6.56. The number of carbonyl (C=O) groups excluding carboxylic acids is 1. The van der Waals surface area contributed by atoms with E-state index in [1.165, 1.54) is 0 Å². The minimum Gasteiger partial charge on any atom is -0.396 e. The molecule has 0 bridgehead atoms. The van der Waals surface area contributed by atoms with Gasteiger partial charge in [-0.05, 0) is 25.5 Å². The molecule has 0 atom stereocenters. The molecular weight excluding hydrogens is 304 g/mol. The lowest BCUT2D eigenvalue weighted by Crippen LogP contribution is -2.25. The predicted molar refractivity (Wildman–Crippen MR) is 86.9 cm³/mol. The Hall–Kier alpha value is -1.37. The van der Waals surface area contributed by atoms with Gasteiger partial charge in [0.1, 0.15) is 0 Å². The first-order valence-corrected chi connectivity index (χ1v) is 8.59.